The molecule has 0 N–H and O–H groups in total. The summed E-state index contributed by atoms with van der Waals surface area (Å²) in [6, 6.07) is 19.2. The minimum atomic E-state index is -0.939. The number of hydrogen-bond acceptors (Lipinski definition) is 2. The van der Waals surface area contributed by atoms with Crippen molar-refractivity contribution in [2.75, 3.05) is 7.05 Å². The fourth-order valence-corrected chi connectivity index (χ4v) is 3.16. The second-order valence-electron chi connectivity index (χ2n) is 5.51. The van der Waals surface area contributed by atoms with Crippen LogP contribution in [0.4, 0.5) is 0 Å². The van der Waals surface area contributed by atoms with E-state index in [1.54, 1.807) is 6.08 Å². The van der Waals surface area contributed by atoms with Crippen LogP contribution in [0.1, 0.15) is 18.1 Å². The van der Waals surface area contributed by atoms with Crippen molar-refractivity contribution in [3.05, 3.63) is 83.4 Å². The predicted molar refractivity (Wildman–Crippen MR) is 85.2 cm³/mol. The van der Waals surface area contributed by atoms with Gasteiger partial charge in [-0.1, -0.05) is 60.7 Å². The Morgan fingerprint density at radius 1 is 0.818 bits per heavy atom. The van der Waals surface area contributed by atoms with Crippen molar-refractivity contribution >= 4 is 11.8 Å². The number of nitrogens with zero attached hydrogens (tertiary/aromatic N) is 1. The summed E-state index contributed by atoms with van der Waals surface area (Å²) in [7, 11) is 1.54. The van der Waals surface area contributed by atoms with Gasteiger partial charge in [-0.3, -0.25) is 14.5 Å². The summed E-state index contributed by atoms with van der Waals surface area (Å²) in [5.41, 5.74) is 1.56. The van der Waals surface area contributed by atoms with Gasteiger partial charge in [-0.2, -0.15) is 0 Å². The van der Waals surface area contributed by atoms with Gasteiger partial charge in [0.2, 0.25) is 5.91 Å². The van der Waals surface area contributed by atoms with Crippen molar-refractivity contribution in [3.8, 4) is 0 Å². The zero-order valence-electron chi connectivity index (χ0n) is 12.6. The quantitative estimate of drug-likeness (QED) is 0.798. The van der Waals surface area contributed by atoms with Gasteiger partial charge in [-0.05, 0) is 23.6 Å². The van der Waals surface area contributed by atoms with Crippen LogP contribution in [0.2, 0.25) is 0 Å². The first-order valence-electron chi connectivity index (χ1n) is 7.20. The van der Waals surface area contributed by atoms with Crippen LogP contribution in [0.3, 0.4) is 0 Å². The van der Waals surface area contributed by atoms with Crippen LogP contribution < -0.4 is 0 Å². The highest BCUT2D eigenvalue weighted by Crippen LogP contribution is 2.42. The fourth-order valence-electron chi connectivity index (χ4n) is 3.16. The zero-order chi connectivity index (χ0) is 15.7. The molecule has 22 heavy (non-hydrogen) atoms. The summed E-state index contributed by atoms with van der Waals surface area (Å²) in [6.45, 7) is 1.85. The van der Waals surface area contributed by atoms with E-state index in [1.165, 1.54) is 11.9 Å². The van der Waals surface area contributed by atoms with Crippen molar-refractivity contribution in [1.29, 1.82) is 0 Å². The molecule has 1 aliphatic rings. The van der Waals surface area contributed by atoms with Crippen molar-refractivity contribution in [2.24, 2.45) is 0 Å². The summed E-state index contributed by atoms with van der Waals surface area (Å²) < 4.78 is 0. The second kappa shape index (κ2) is 5.26. The SMILES string of the molecule is CC1=CC(=O)N(C)C(=O)C1(c1ccccc1)c1ccccc1. The Kier molecular flexibility index (Phi) is 3.41. The number of carbonyl (C=O) groups is 2. The molecule has 0 saturated heterocycles. The molecular formula is C19H17NO2. The molecule has 0 saturated carbocycles. The summed E-state index contributed by atoms with van der Waals surface area (Å²) in [4.78, 5) is 26.3. The number of carbonyl (C=O) groups excluding carboxylic acids is 2. The van der Waals surface area contributed by atoms with Crippen molar-refractivity contribution < 1.29 is 9.59 Å². The first-order chi connectivity index (χ1) is 10.6. The topological polar surface area (TPSA) is 37.4 Å². The van der Waals surface area contributed by atoms with Crippen LogP contribution in [0.15, 0.2) is 72.3 Å². The minimum Gasteiger partial charge on any atom is -0.281 e. The van der Waals surface area contributed by atoms with Gasteiger partial charge in [0.1, 0.15) is 5.41 Å². The van der Waals surface area contributed by atoms with Crippen LogP contribution in [0.25, 0.3) is 0 Å². The van der Waals surface area contributed by atoms with E-state index >= 15 is 0 Å². The maximum absolute atomic E-state index is 13.1. The van der Waals surface area contributed by atoms with Crippen molar-refractivity contribution in [1.82, 2.24) is 4.90 Å². The second-order valence-corrected chi connectivity index (χ2v) is 5.51. The number of benzene rings is 2. The lowest BCUT2D eigenvalue weighted by atomic mass is 9.67. The number of amides is 2. The molecule has 0 bridgehead atoms. The molecule has 0 aromatic heterocycles. The molecule has 0 aliphatic carbocycles. The Hall–Kier alpha value is -2.68. The molecule has 2 aromatic carbocycles. The van der Waals surface area contributed by atoms with Crippen LogP contribution in [0, 0.1) is 0 Å². The third-order valence-corrected chi connectivity index (χ3v) is 4.30. The molecule has 0 spiro atoms. The first kappa shape index (κ1) is 14.3. The monoisotopic (exact) mass is 291 g/mol. The van der Waals surface area contributed by atoms with Crippen LogP contribution in [0.5, 0.6) is 0 Å². The highest BCUT2D eigenvalue weighted by atomic mass is 16.2. The Labute approximate surface area is 129 Å². The molecule has 3 heteroatoms. The van der Waals surface area contributed by atoms with Crippen LogP contribution in [-0.4, -0.2) is 23.8 Å². The van der Waals surface area contributed by atoms with E-state index in [-0.39, 0.29) is 11.8 Å². The summed E-state index contributed by atoms with van der Waals surface area (Å²) in [5, 5.41) is 0. The smallest absolute Gasteiger partial charge is 0.252 e. The van der Waals surface area contributed by atoms with E-state index in [0.717, 1.165) is 16.7 Å². The van der Waals surface area contributed by atoms with Crippen molar-refractivity contribution in [2.45, 2.75) is 12.3 Å². The van der Waals surface area contributed by atoms with Gasteiger partial charge in [0, 0.05) is 13.1 Å². The van der Waals surface area contributed by atoms with Gasteiger partial charge in [-0.15, -0.1) is 0 Å². The fraction of sp³-hybridized carbons (Fsp3) is 0.158. The molecule has 3 rings (SSSR count). The van der Waals surface area contributed by atoms with Gasteiger partial charge in [0.25, 0.3) is 5.91 Å². The van der Waals surface area contributed by atoms with Crippen LogP contribution in [-0.2, 0) is 15.0 Å². The molecule has 2 aromatic rings. The Balaban J connectivity index is 2.37. The molecule has 110 valence electrons. The largest absolute Gasteiger partial charge is 0.281 e. The van der Waals surface area contributed by atoms with Gasteiger partial charge in [0.15, 0.2) is 0 Å². The van der Waals surface area contributed by atoms with Crippen LogP contribution >= 0.6 is 0 Å². The molecule has 1 heterocycles. The molecule has 0 unspecified atom stereocenters. The van der Waals surface area contributed by atoms with Gasteiger partial charge >= 0.3 is 0 Å². The minimum absolute atomic E-state index is 0.213. The molecule has 0 fully saturated rings. The van der Waals surface area contributed by atoms with E-state index < -0.39 is 5.41 Å². The zero-order valence-corrected chi connectivity index (χ0v) is 12.6. The van der Waals surface area contributed by atoms with E-state index in [1.807, 2.05) is 67.6 Å². The number of imide groups is 1. The van der Waals surface area contributed by atoms with E-state index in [0.29, 0.717) is 0 Å². The Morgan fingerprint density at radius 2 is 1.27 bits per heavy atom. The third kappa shape index (κ3) is 1.90. The average Bonchev–Trinajstić information content (AvgIpc) is 2.55. The van der Waals surface area contributed by atoms with Gasteiger partial charge < -0.3 is 0 Å². The highest BCUT2D eigenvalue weighted by Gasteiger charge is 2.49. The summed E-state index contributed by atoms with van der Waals surface area (Å²) >= 11 is 0. The third-order valence-electron chi connectivity index (χ3n) is 4.30. The summed E-state index contributed by atoms with van der Waals surface area (Å²) in [5.74, 6) is -0.486. The first-order valence-corrected chi connectivity index (χ1v) is 7.20. The van der Waals surface area contributed by atoms with E-state index in [4.69, 9.17) is 0 Å². The highest BCUT2D eigenvalue weighted by molar-refractivity contribution is 6.11. The lowest BCUT2D eigenvalue weighted by Gasteiger charge is -2.40. The van der Waals surface area contributed by atoms with E-state index in [2.05, 4.69) is 0 Å². The lowest BCUT2D eigenvalue weighted by molar-refractivity contribution is -0.143. The molecule has 0 atom stereocenters. The van der Waals surface area contributed by atoms with Gasteiger partial charge in [0.05, 0.1) is 0 Å². The van der Waals surface area contributed by atoms with Gasteiger partial charge in [-0.25, -0.2) is 0 Å². The molecule has 2 amide bonds. The molecule has 3 nitrogen and oxygen atoms in total. The Bertz CT molecular complexity index is 708. The Morgan fingerprint density at radius 3 is 1.73 bits per heavy atom. The molecule has 0 radical (unpaired) electrons. The number of hydrogen-bond donors (Lipinski definition) is 0. The maximum Gasteiger partial charge on any atom is 0.252 e. The average molecular weight is 291 g/mol. The standard InChI is InChI=1S/C19H17NO2/c1-14-13-17(21)20(2)18(22)19(14,15-9-5-3-6-10-15)16-11-7-4-8-12-16/h3-13H,1-2H3. The number of rotatable bonds is 2. The molecular weight excluding hydrogens is 274 g/mol. The maximum atomic E-state index is 13.1. The summed E-state index contributed by atoms with van der Waals surface area (Å²) in [6.07, 6.45) is 1.56. The van der Waals surface area contributed by atoms with E-state index in [9.17, 15) is 9.59 Å². The lowest BCUT2D eigenvalue weighted by Crippen LogP contribution is -2.52. The number of likely N-dealkylation sites (N-methyl/N-ethyl adjacent to an activating group) is 1. The molecule has 1 aliphatic heterocycles. The normalized spacial score (nSPS) is 17.4. The predicted octanol–water partition coefficient (Wildman–Crippen LogP) is 2.92. The van der Waals surface area contributed by atoms with Crippen molar-refractivity contribution in [3.63, 3.8) is 0 Å².